The molecule has 0 atom stereocenters. The van der Waals surface area contributed by atoms with E-state index in [-0.39, 0.29) is 5.91 Å². The molecular formula is C20H26N6OS. The molecule has 1 saturated carbocycles. The van der Waals surface area contributed by atoms with Gasteiger partial charge in [-0.3, -0.25) is 4.79 Å². The zero-order valence-electron chi connectivity index (χ0n) is 16.1. The average Bonchev–Trinajstić information content (AvgIpc) is 3.28. The first-order chi connectivity index (χ1) is 13.7. The number of hydrogen-bond donors (Lipinski definition) is 2. The highest BCUT2D eigenvalue weighted by Crippen LogP contribution is 2.19. The van der Waals surface area contributed by atoms with Crippen molar-refractivity contribution in [1.29, 1.82) is 0 Å². The molecule has 1 amide bonds. The molecule has 1 aromatic carbocycles. The summed E-state index contributed by atoms with van der Waals surface area (Å²) < 4.78 is 1.97. The molecule has 0 unspecified atom stereocenters. The lowest BCUT2D eigenvalue weighted by atomic mass is 9.95. The van der Waals surface area contributed by atoms with Crippen LogP contribution in [0.2, 0.25) is 0 Å². The highest BCUT2D eigenvalue weighted by atomic mass is 32.2. The zero-order chi connectivity index (χ0) is 19.3. The van der Waals surface area contributed by atoms with Gasteiger partial charge in [-0.25, -0.2) is 4.98 Å². The maximum absolute atomic E-state index is 12.2. The fraction of sp³-hybridized carbons (Fsp3) is 0.500. The summed E-state index contributed by atoms with van der Waals surface area (Å²) in [5.41, 5.74) is 2.03. The van der Waals surface area contributed by atoms with E-state index in [0.29, 0.717) is 11.8 Å². The fourth-order valence-corrected chi connectivity index (χ4v) is 4.43. The normalized spacial score (nSPS) is 15.2. The van der Waals surface area contributed by atoms with Crippen LogP contribution in [0.15, 0.2) is 29.4 Å². The molecule has 0 radical (unpaired) electrons. The third kappa shape index (κ3) is 4.55. The number of para-hydroxylation sites is 2. The largest absolute Gasteiger partial charge is 0.353 e. The Labute approximate surface area is 168 Å². The molecule has 0 spiro atoms. The maximum atomic E-state index is 12.2. The molecule has 1 aliphatic carbocycles. The summed E-state index contributed by atoms with van der Waals surface area (Å²) >= 11 is 1.44. The number of carbonyl (C=O) groups is 1. The van der Waals surface area contributed by atoms with E-state index in [4.69, 9.17) is 0 Å². The minimum absolute atomic E-state index is 0.0868. The zero-order valence-corrected chi connectivity index (χ0v) is 17.0. The van der Waals surface area contributed by atoms with Crippen LogP contribution in [0.1, 0.15) is 43.8 Å². The molecule has 2 heterocycles. The highest BCUT2D eigenvalue weighted by molar-refractivity contribution is 7.99. The molecular weight excluding hydrogens is 372 g/mol. The SMILES string of the molecule is Cn1c(CCc2nc3ccccc3[nH]2)nnc1SCC(=O)NC1CCCCC1. The van der Waals surface area contributed by atoms with Gasteiger partial charge in [-0.15, -0.1) is 10.2 Å². The molecule has 8 heteroatoms. The second-order valence-corrected chi connectivity index (χ2v) is 8.29. The number of aryl methyl sites for hydroxylation is 2. The van der Waals surface area contributed by atoms with Crippen LogP contribution >= 0.6 is 11.8 Å². The van der Waals surface area contributed by atoms with E-state index in [1.165, 1.54) is 31.0 Å². The molecule has 2 N–H and O–H groups in total. The van der Waals surface area contributed by atoms with Crippen LogP contribution in [0.4, 0.5) is 0 Å². The summed E-state index contributed by atoms with van der Waals surface area (Å²) in [6.45, 7) is 0. The molecule has 0 saturated heterocycles. The van der Waals surface area contributed by atoms with E-state index in [1.54, 1.807) is 0 Å². The van der Waals surface area contributed by atoms with Gasteiger partial charge in [0, 0.05) is 25.9 Å². The summed E-state index contributed by atoms with van der Waals surface area (Å²) in [4.78, 5) is 20.1. The number of rotatable bonds is 7. The van der Waals surface area contributed by atoms with Crippen molar-refractivity contribution in [2.75, 3.05) is 5.75 Å². The lowest BCUT2D eigenvalue weighted by molar-refractivity contribution is -0.119. The Hall–Kier alpha value is -2.35. The maximum Gasteiger partial charge on any atom is 0.230 e. The van der Waals surface area contributed by atoms with E-state index in [2.05, 4.69) is 25.5 Å². The lowest BCUT2D eigenvalue weighted by Gasteiger charge is -2.22. The molecule has 0 aliphatic heterocycles. The molecule has 148 valence electrons. The monoisotopic (exact) mass is 398 g/mol. The molecule has 7 nitrogen and oxygen atoms in total. The summed E-state index contributed by atoms with van der Waals surface area (Å²) in [6.07, 6.45) is 7.45. The van der Waals surface area contributed by atoms with Crippen molar-refractivity contribution in [3.8, 4) is 0 Å². The fourth-order valence-electron chi connectivity index (χ4n) is 3.69. The number of H-pyrrole nitrogens is 1. The van der Waals surface area contributed by atoms with Gasteiger partial charge in [0.25, 0.3) is 0 Å². The number of aromatic amines is 1. The van der Waals surface area contributed by atoms with Crippen molar-refractivity contribution >= 4 is 28.7 Å². The van der Waals surface area contributed by atoms with E-state index >= 15 is 0 Å². The Morgan fingerprint density at radius 2 is 2.04 bits per heavy atom. The summed E-state index contributed by atoms with van der Waals surface area (Å²) in [6, 6.07) is 8.37. The number of imidazole rings is 1. The minimum Gasteiger partial charge on any atom is -0.353 e. The number of benzene rings is 1. The van der Waals surface area contributed by atoms with Crippen LogP contribution in [0.25, 0.3) is 11.0 Å². The summed E-state index contributed by atoms with van der Waals surface area (Å²) in [7, 11) is 1.95. The van der Waals surface area contributed by atoms with E-state index in [1.807, 2.05) is 35.9 Å². The van der Waals surface area contributed by atoms with Crippen molar-refractivity contribution in [1.82, 2.24) is 30.0 Å². The number of carbonyl (C=O) groups excluding carboxylic acids is 1. The molecule has 2 aromatic heterocycles. The Bertz CT molecular complexity index is 910. The second-order valence-electron chi connectivity index (χ2n) is 7.35. The van der Waals surface area contributed by atoms with Crippen molar-refractivity contribution in [2.45, 2.75) is 56.1 Å². The van der Waals surface area contributed by atoms with Gasteiger partial charge in [0.15, 0.2) is 5.16 Å². The molecule has 4 rings (SSSR count). The van der Waals surface area contributed by atoms with Gasteiger partial charge in [0.05, 0.1) is 16.8 Å². The Balaban J connectivity index is 1.29. The lowest BCUT2D eigenvalue weighted by Crippen LogP contribution is -2.37. The number of fused-ring (bicyclic) bond motifs is 1. The average molecular weight is 399 g/mol. The topological polar surface area (TPSA) is 88.5 Å². The van der Waals surface area contributed by atoms with E-state index in [0.717, 1.165) is 53.5 Å². The van der Waals surface area contributed by atoms with Crippen LogP contribution in [-0.4, -0.2) is 42.4 Å². The number of amides is 1. The molecule has 1 fully saturated rings. The minimum atomic E-state index is 0.0868. The van der Waals surface area contributed by atoms with Crippen LogP contribution in [-0.2, 0) is 24.7 Å². The van der Waals surface area contributed by atoms with Gasteiger partial charge in [-0.2, -0.15) is 0 Å². The first-order valence-electron chi connectivity index (χ1n) is 9.93. The van der Waals surface area contributed by atoms with Gasteiger partial charge < -0.3 is 14.9 Å². The third-order valence-electron chi connectivity index (χ3n) is 5.25. The molecule has 1 aliphatic rings. The van der Waals surface area contributed by atoms with Gasteiger partial charge >= 0.3 is 0 Å². The number of hydrogen-bond acceptors (Lipinski definition) is 5. The van der Waals surface area contributed by atoms with E-state index < -0.39 is 0 Å². The van der Waals surface area contributed by atoms with Crippen LogP contribution < -0.4 is 5.32 Å². The Morgan fingerprint density at radius 3 is 2.86 bits per heavy atom. The van der Waals surface area contributed by atoms with Gasteiger partial charge in [0.2, 0.25) is 5.91 Å². The first kappa shape index (κ1) is 19.0. The highest BCUT2D eigenvalue weighted by Gasteiger charge is 2.17. The summed E-state index contributed by atoms with van der Waals surface area (Å²) in [5, 5.41) is 12.5. The van der Waals surface area contributed by atoms with Crippen molar-refractivity contribution in [3.63, 3.8) is 0 Å². The molecule has 28 heavy (non-hydrogen) atoms. The van der Waals surface area contributed by atoms with Crippen molar-refractivity contribution in [3.05, 3.63) is 35.9 Å². The quantitative estimate of drug-likeness (QED) is 0.597. The standard InChI is InChI=1S/C20H26N6OS/c1-26-18(12-11-17-22-15-9-5-6-10-16(15)23-17)24-25-20(26)28-13-19(27)21-14-7-3-2-4-8-14/h5-6,9-10,14H,2-4,7-8,11-13H2,1H3,(H,21,27)(H,22,23). The summed E-state index contributed by atoms with van der Waals surface area (Å²) in [5.74, 6) is 2.32. The Morgan fingerprint density at radius 1 is 1.21 bits per heavy atom. The molecule has 0 bridgehead atoms. The van der Waals surface area contributed by atoms with Gasteiger partial charge in [-0.1, -0.05) is 43.2 Å². The van der Waals surface area contributed by atoms with Gasteiger partial charge in [-0.05, 0) is 25.0 Å². The predicted octanol–water partition coefficient (Wildman–Crippen LogP) is 3.02. The van der Waals surface area contributed by atoms with Crippen LogP contribution in [0, 0.1) is 0 Å². The third-order valence-corrected chi connectivity index (χ3v) is 6.27. The second kappa shape index (κ2) is 8.77. The van der Waals surface area contributed by atoms with Crippen molar-refractivity contribution in [2.24, 2.45) is 7.05 Å². The number of nitrogens with zero attached hydrogens (tertiary/aromatic N) is 4. The number of aromatic nitrogens is 5. The van der Waals surface area contributed by atoms with Gasteiger partial charge in [0.1, 0.15) is 11.6 Å². The number of thioether (sulfide) groups is 1. The predicted molar refractivity (Wildman–Crippen MR) is 110 cm³/mol. The molecule has 3 aromatic rings. The number of nitrogens with one attached hydrogen (secondary N) is 2. The van der Waals surface area contributed by atoms with Crippen LogP contribution in [0.3, 0.4) is 0 Å². The van der Waals surface area contributed by atoms with Crippen LogP contribution in [0.5, 0.6) is 0 Å². The smallest absolute Gasteiger partial charge is 0.230 e. The van der Waals surface area contributed by atoms with E-state index in [9.17, 15) is 4.79 Å². The Kier molecular flexibility index (Phi) is 5.95. The first-order valence-corrected chi connectivity index (χ1v) is 10.9. The van der Waals surface area contributed by atoms with Crippen molar-refractivity contribution < 1.29 is 4.79 Å².